The quantitative estimate of drug-likeness (QED) is 0.397. The Kier molecular flexibility index (Phi) is 7.45. The fourth-order valence-electron chi connectivity index (χ4n) is 3.82. The number of para-hydroxylation sites is 1. The van der Waals surface area contributed by atoms with Gasteiger partial charge in [-0.15, -0.1) is 5.10 Å². The van der Waals surface area contributed by atoms with Crippen LogP contribution in [-0.4, -0.2) is 38.3 Å². The molecule has 1 atom stereocenters. The molecule has 0 unspecified atom stereocenters. The number of aromatic nitrogens is 4. The van der Waals surface area contributed by atoms with Crippen molar-refractivity contribution in [2.75, 3.05) is 11.4 Å². The van der Waals surface area contributed by atoms with Crippen molar-refractivity contribution in [1.82, 2.24) is 25.3 Å². The Hall–Kier alpha value is -4.14. The van der Waals surface area contributed by atoms with Crippen LogP contribution in [0.15, 0.2) is 73.1 Å². The van der Waals surface area contributed by atoms with Crippen molar-refractivity contribution < 1.29 is 14.0 Å². The van der Waals surface area contributed by atoms with Crippen LogP contribution in [-0.2, 0) is 16.1 Å². The highest BCUT2D eigenvalue weighted by Crippen LogP contribution is 2.29. The lowest BCUT2D eigenvalue weighted by molar-refractivity contribution is -0.127. The molecule has 4 rings (SSSR count). The van der Waals surface area contributed by atoms with E-state index in [0.29, 0.717) is 34.7 Å². The Morgan fingerprint density at radius 3 is 2.46 bits per heavy atom. The van der Waals surface area contributed by atoms with E-state index in [2.05, 4.69) is 34.5 Å². The summed E-state index contributed by atoms with van der Waals surface area (Å²) in [6, 6.07) is 15.2. The topological polar surface area (TPSA) is 93.0 Å². The number of amides is 2. The number of carbonyl (C=O) groups excluding carboxylic acids is 2. The first-order chi connectivity index (χ1) is 16.9. The third-order valence-corrected chi connectivity index (χ3v) is 5.63. The average Bonchev–Trinajstić information content (AvgIpc) is 3.26. The van der Waals surface area contributed by atoms with Crippen LogP contribution in [0.3, 0.4) is 0 Å². The minimum atomic E-state index is -0.988. The number of halogens is 1. The smallest absolute Gasteiger partial charge is 0.249 e. The van der Waals surface area contributed by atoms with Crippen LogP contribution in [0.25, 0.3) is 11.0 Å². The SMILES string of the molecule is CC(C)CCNC(=O)[C@@H](c1ccncc1)N(C(=O)Cn1nnc2ccccc21)c1ccc(F)cc1. The second kappa shape index (κ2) is 10.9. The van der Waals surface area contributed by atoms with Crippen LogP contribution in [0.1, 0.15) is 31.9 Å². The molecule has 0 aliphatic rings. The summed E-state index contributed by atoms with van der Waals surface area (Å²) in [5, 5.41) is 11.2. The third kappa shape index (κ3) is 5.68. The van der Waals surface area contributed by atoms with Gasteiger partial charge in [0.2, 0.25) is 11.8 Å². The van der Waals surface area contributed by atoms with E-state index < -0.39 is 17.8 Å². The van der Waals surface area contributed by atoms with Crippen LogP contribution in [0.5, 0.6) is 0 Å². The highest BCUT2D eigenvalue weighted by molar-refractivity contribution is 6.01. The van der Waals surface area contributed by atoms with Gasteiger partial charge in [-0.05, 0) is 66.4 Å². The molecule has 1 N–H and O–H groups in total. The Labute approximate surface area is 202 Å². The molecule has 2 amide bonds. The Bertz CT molecular complexity index is 1290. The zero-order chi connectivity index (χ0) is 24.8. The monoisotopic (exact) mass is 474 g/mol. The number of nitrogens with zero attached hydrogens (tertiary/aromatic N) is 5. The first-order valence-electron chi connectivity index (χ1n) is 11.5. The van der Waals surface area contributed by atoms with Crippen LogP contribution >= 0.6 is 0 Å². The van der Waals surface area contributed by atoms with Gasteiger partial charge >= 0.3 is 0 Å². The van der Waals surface area contributed by atoms with E-state index in [1.807, 2.05) is 24.3 Å². The third-order valence-electron chi connectivity index (χ3n) is 5.63. The minimum Gasteiger partial charge on any atom is -0.354 e. The second-order valence-corrected chi connectivity index (χ2v) is 8.63. The molecule has 0 saturated heterocycles. The van der Waals surface area contributed by atoms with Gasteiger partial charge in [0.25, 0.3) is 0 Å². The normalized spacial score (nSPS) is 12.0. The highest BCUT2D eigenvalue weighted by Gasteiger charge is 2.33. The maximum Gasteiger partial charge on any atom is 0.249 e. The zero-order valence-electron chi connectivity index (χ0n) is 19.6. The van der Waals surface area contributed by atoms with E-state index in [0.717, 1.165) is 6.42 Å². The maximum atomic E-state index is 13.8. The molecule has 8 nitrogen and oxygen atoms in total. The average molecular weight is 475 g/mol. The number of hydrogen-bond donors (Lipinski definition) is 1. The number of carbonyl (C=O) groups is 2. The summed E-state index contributed by atoms with van der Waals surface area (Å²) in [4.78, 5) is 32.7. The molecule has 0 radical (unpaired) electrons. The van der Waals surface area contributed by atoms with Crippen molar-refractivity contribution in [1.29, 1.82) is 0 Å². The van der Waals surface area contributed by atoms with Gasteiger partial charge in [-0.2, -0.15) is 0 Å². The predicted octanol–water partition coefficient (Wildman–Crippen LogP) is 3.90. The van der Waals surface area contributed by atoms with Crippen LogP contribution in [0.4, 0.5) is 10.1 Å². The molecular weight excluding hydrogens is 447 g/mol. The number of nitrogens with one attached hydrogen (secondary N) is 1. The lowest BCUT2D eigenvalue weighted by atomic mass is 10.0. The van der Waals surface area contributed by atoms with Crippen LogP contribution < -0.4 is 10.2 Å². The van der Waals surface area contributed by atoms with E-state index in [-0.39, 0.29) is 12.5 Å². The molecule has 2 heterocycles. The van der Waals surface area contributed by atoms with E-state index in [4.69, 9.17) is 0 Å². The molecule has 0 aliphatic carbocycles. The fourth-order valence-corrected chi connectivity index (χ4v) is 3.82. The maximum absolute atomic E-state index is 13.8. The van der Waals surface area contributed by atoms with Crippen molar-refractivity contribution >= 4 is 28.5 Å². The largest absolute Gasteiger partial charge is 0.354 e. The summed E-state index contributed by atoms with van der Waals surface area (Å²) < 4.78 is 15.2. The molecule has 9 heteroatoms. The van der Waals surface area contributed by atoms with Gasteiger partial charge in [0.15, 0.2) is 0 Å². The molecule has 0 aliphatic heterocycles. The van der Waals surface area contributed by atoms with E-state index in [1.54, 1.807) is 24.5 Å². The summed E-state index contributed by atoms with van der Waals surface area (Å²) in [7, 11) is 0. The summed E-state index contributed by atoms with van der Waals surface area (Å²) in [5.41, 5.74) is 2.33. The lowest BCUT2D eigenvalue weighted by Crippen LogP contribution is -2.45. The number of benzene rings is 2. The molecule has 180 valence electrons. The zero-order valence-corrected chi connectivity index (χ0v) is 19.6. The molecule has 0 bridgehead atoms. The standard InChI is InChI=1S/C26H27FN6O2/c1-18(2)11-16-29-26(35)25(19-12-14-28-15-13-19)33(21-9-7-20(27)8-10-21)24(34)17-32-23-6-4-3-5-22(23)30-31-32/h3-10,12-15,18,25H,11,16-17H2,1-2H3,(H,29,35)/t25-/m1/s1. The Morgan fingerprint density at radius 2 is 1.74 bits per heavy atom. The Balaban J connectivity index is 1.73. The summed E-state index contributed by atoms with van der Waals surface area (Å²) in [6.07, 6.45) is 3.94. The predicted molar refractivity (Wildman–Crippen MR) is 131 cm³/mol. The molecule has 2 aromatic carbocycles. The molecular formula is C26H27FN6O2. The van der Waals surface area contributed by atoms with Gasteiger partial charge < -0.3 is 5.32 Å². The van der Waals surface area contributed by atoms with E-state index in [1.165, 1.54) is 33.8 Å². The summed E-state index contributed by atoms with van der Waals surface area (Å²) in [5.74, 6) is -0.763. The molecule has 2 aromatic heterocycles. The van der Waals surface area contributed by atoms with Gasteiger partial charge in [0.05, 0.1) is 5.52 Å². The number of hydrogen-bond acceptors (Lipinski definition) is 5. The van der Waals surface area contributed by atoms with Crippen LogP contribution in [0, 0.1) is 11.7 Å². The number of rotatable bonds is 9. The van der Waals surface area contributed by atoms with Gasteiger partial charge in [-0.25, -0.2) is 9.07 Å². The molecule has 35 heavy (non-hydrogen) atoms. The van der Waals surface area contributed by atoms with Gasteiger partial charge in [0, 0.05) is 24.6 Å². The highest BCUT2D eigenvalue weighted by atomic mass is 19.1. The van der Waals surface area contributed by atoms with Gasteiger partial charge in [-0.3, -0.25) is 19.5 Å². The molecule has 0 spiro atoms. The fraction of sp³-hybridized carbons (Fsp3) is 0.269. The number of pyridine rings is 1. The second-order valence-electron chi connectivity index (χ2n) is 8.63. The van der Waals surface area contributed by atoms with Crippen molar-refractivity contribution in [2.24, 2.45) is 5.92 Å². The minimum absolute atomic E-state index is 0.154. The van der Waals surface area contributed by atoms with Crippen molar-refractivity contribution in [3.63, 3.8) is 0 Å². The first-order valence-corrected chi connectivity index (χ1v) is 11.5. The first kappa shape index (κ1) is 24.0. The van der Waals surface area contributed by atoms with Crippen molar-refractivity contribution in [2.45, 2.75) is 32.9 Å². The molecule has 0 saturated carbocycles. The molecule has 4 aromatic rings. The molecule has 0 fully saturated rings. The summed E-state index contributed by atoms with van der Waals surface area (Å²) in [6.45, 7) is 4.46. The summed E-state index contributed by atoms with van der Waals surface area (Å²) >= 11 is 0. The number of fused-ring (bicyclic) bond motifs is 1. The lowest BCUT2D eigenvalue weighted by Gasteiger charge is -2.31. The van der Waals surface area contributed by atoms with Gasteiger partial charge in [-0.1, -0.05) is 31.2 Å². The van der Waals surface area contributed by atoms with Gasteiger partial charge in [0.1, 0.15) is 23.9 Å². The van der Waals surface area contributed by atoms with E-state index >= 15 is 0 Å². The Morgan fingerprint density at radius 1 is 1.03 bits per heavy atom. The van der Waals surface area contributed by atoms with Crippen molar-refractivity contribution in [3.05, 3.63) is 84.4 Å². The van der Waals surface area contributed by atoms with E-state index in [9.17, 15) is 14.0 Å². The number of anilines is 1. The van der Waals surface area contributed by atoms with Crippen molar-refractivity contribution in [3.8, 4) is 0 Å². The van der Waals surface area contributed by atoms with Crippen LogP contribution in [0.2, 0.25) is 0 Å².